The van der Waals surface area contributed by atoms with Gasteiger partial charge in [0, 0.05) is 39.8 Å². The maximum atomic E-state index is 13.9. The van der Waals surface area contributed by atoms with Crippen LogP contribution in [0.3, 0.4) is 0 Å². The van der Waals surface area contributed by atoms with Gasteiger partial charge in [0.05, 0.1) is 11.4 Å². The predicted octanol–water partition coefficient (Wildman–Crippen LogP) is 2.50. The summed E-state index contributed by atoms with van der Waals surface area (Å²) in [6, 6.07) is 12.9. The number of likely N-dealkylation sites (N-methyl/N-ethyl adjacent to an activating group) is 1. The van der Waals surface area contributed by atoms with Gasteiger partial charge < -0.3 is 14.5 Å². The molecule has 1 amide bonds. The molecule has 5 nitrogen and oxygen atoms in total. The average molecular weight is 355 g/mol. The number of hydrogen-bond acceptors (Lipinski definition) is 4. The van der Waals surface area contributed by atoms with Crippen LogP contribution in [0, 0.1) is 5.82 Å². The second kappa shape index (κ2) is 6.96. The summed E-state index contributed by atoms with van der Waals surface area (Å²) in [6.45, 7) is 4.28. The van der Waals surface area contributed by atoms with Gasteiger partial charge in [0.25, 0.3) is 5.91 Å². The fourth-order valence-electron chi connectivity index (χ4n) is 3.53. The van der Waals surface area contributed by atoms with Crippen LogP contribution in [0.4, 0.5) is 15.8 Å². The number of anilines is 2. The van der Waals surface area contributed by atoms with E-state index in [1.807, 2.05) is 30.3 Å². The zero-order valence-corrected chi connectivity index (χ0v) is 14.8. The van der Waals surface area contributed by atoms with E-state index in [1.54, 1.807) is 18.0 Å². The number of halogens is 1. The van der Waals surface area contributed by atoms with Crippen LogP contribution >= 0.6 is 0 Å². The summed E-state index contributed by atoms with van der Waals surface area (Å²) < 4.78 is 19.5. The van der Waals surface area contributed by atoms with Crippen molar-refractivity contribution in [2.45, 2.75) is 6.54 Å². The molecule has 0 spiro atoms. The van der Waals surface area contributed by atoms with Crippen molar-refractivity contribution in [1.82, 2.24) is 4.90 Å². The van der Waals surface area contributed by atoms with Crippen LogP contribution in [0.2, 0.25) is 0 Å². The van der Waals surface area contributed by atoms with Crippen LogP contribution in [0.15, 0.2) is 42.5 Å². The quantitative estimate of drug-likeness (QED) is 0.848. The molecule has 0 atom stereocenters. The maximum Gasteiger partial charge on any atom is 0.264 e. The number of ether oxygens (including phenoxy) is 1. The Morgan fingerprint density at radius 1 is 1.04 bits per heavy atom. The fraction of sp³-hybridized carbons (Fsp3) is 0.350. The van der Waals surface area contributed by atoms with E-state index < -0.39 is 0 Å². The Bertz CT molecular complexity index is 818. The molecule has 2 heterocycles. The van der Waals surface area contributed by atoms with E-state index in [1.165, 1.54) is 6.07 Å². The Morgan fingerprint density at radius 3 is 2.58 bits per heavy atom. The van der Waals surface area contributed by atoms with Gasteiger partial charge in [0.15, 0.2) is 6.61 Å². The molecular weight excluding hydrogens is 333 g/mol. The molecule has 136 valence electrons. The van der Waals surface area contributed by atoms with Crippen molar-refractivity contribution >= 4 is 17.3 Å². The lowest BCUT2D eigenvalue weighted by Crippen LogP contribution is -2.46. The van der Waals surface area contributed by atoms with Gasteiger partial charge in [0.2, 0.25) is 0 Å². The zero-order chi connectivity index (χ0) is 18.1. The van der Waals surface area contributed by atoms with Crippen LogP contribution in [-0.4, -0.2) is 50.6 Å². The number of amides is 1. The van der Waals surface area contributed by atoms with Crippen molar-refractivity contribution < 1.29 is 13.9 Å². The number of nitrogens with zero attached hydrogens (tertiary/aromatic N) is 3. The molecule has 4 rings (SSSR count). The number of benzene rings is 2. The molecule has 2 aliphatic heterocycles. The Kier molecular flexibility index (Phi) is 4.51. The van der Waals surface area contributed by atoms with E-state index in [4.69, 9.17) is 4.74 Å². The predicted molar refractivity (Wildman–Crippen MR) is 99.2 cm³/mol. The average Bonchev–Trinajstić information content (AvgIpc) is 2.66. The Hall–Kier alpha value is -2.60. The van der Waals surface area contributed by atoms with Gasteiger partial charge in [-0.3, -0.25) is 9.69 Å². The third-order valence-corrected chi connectivity index (χ3v) is 5.08. The lowest BCUT2D eigenvalue weighted by molar-refractivity contribution is -0.120. The second-order valence-electron chi connectivity index (χ2n) is 6.76. The standard InChI is InChI=1S/C20H22FN3O2/c1-22-18-7-6-15(12-19(18)26-14-20(22)25)13-23-8-10-24(11-9-23)17-5-3-2-4-16(17)21/h2-7,12H,8-11,13-14H2,1H3. The molecule has 0 unspecified atom stereocenters. The first-order valence-corrected chi connectivity index (χ1v) is 8.86. The van der Waals surface area contributed by atoms with Crippen molar-refractivity contribution in [2.75, 3.05) is 49.6 Å². The summed E-state index contributed by atoms with van der Waals surface area (Å²) in [5.74, 6) is 0.565. The molecule has 2 aromatic carbocycles. The van der Waals surface area contributed by atoms with E-state index in [-0.39, 0.29) is 18.3 Å². The van der Waals surface area contributed by atoms with Crippen LogP contribution in [0.1, 0.15) is 5.56 Å². The molecule has 2 aromatic rings. The van der Waals surface area contributed by atoms with Crippen molar-refractivity contribution in [3.05, 3.63) is 53.8 Å². The number of carbonyl (C=O) groups is 1. The highest BCUT2D eigenvalue weighted by atomic mass is 19.1. The topological polar surface area (TPSA) is 36.0 Å². The minimum absolute atomic E-state index is 0.0329. The van der Waals surface area contributed by atoms with Gasteiger partial charge in [-0.2, -0.15) is 0 Å². The highest BCUT2D eigenvalue weighted by molar-refractivity contribution is 5.97. The molecule has 0 saturated carbocycles. The molecule has 1 saturated heterocycles. The number of fused-ring (bicyclic) bond motifs is 1. The lowest BCUT2D eigenvalue weighted by atomic mass is 10.1. The van der Waals surface area contributed by atoms with Crippen molar-refractivity contribution in [3.8, 4) is 5.75 Å². The SMILES string of the molecule is CN1C(=O)COc2cc(CN3CCN(c4ccccc4F)CC3)ccc21. The summed E-state index contributed by atoms with van der Waals surface area (Å²) in [4.78, 5) is 17.8. The Balaban J connectivity index is 1.39. The molecule has 26 heavy (non-hydrogen) atoms. The van der Waals surface area contributed by atoms with Crippen LogP contribution in [0.25, 0.3) is 0 Å². The van der Waals surface area contributed by atoms with Gasteiger partial charge in [-0.05, 0) is 29.8 Å². The third kappa shape index (κ3) is 3.24. The Labute approximate surface area is 152 Å². The molecule has 0 aliphatic carbocycles. The molecule has 1 fully saturated rings. The summed E-state index contributed by atoms with van der Waals surface area (Å²) in [6.07, 6.45) is 0. The first kappa shape index (κ1) is 16.8. The second-order valence-corrected chi connectivity index (χ2v) is 6.76. The van der Waals surface area contributed by atoms with E-state index in [2.05, 4.69) is 9.80 Å². The highest BCUT2D eigenvalue weighted by Gasteiger charge is 2.23. The van der Waals surface area contributed by atoms with Crippen LogP contribution in [-0.2, 0) is 11.3 Å². The van der Waals surface area contributed by atoms with Crippen molar-refractivity contribution in [3.63, 3.8) is 0 Å². The number of piperazine rings is 1. The largest absolute Gasteiger partial charge is 0.482 e. The van der Waals surface area contributed by atoms with E-state index >= 15 is 0 Å². The van der Waals surface area contributed by atoms with Crippen LogP contribution < -0.4 is 14.5 Å². The number of para-hydroxylation sites is 1. The van der Waals surface area contributed by atoms with Crippen molar-refractivity contribution in [2.24, 2.45) is 0 Å². The molecule has 0 bridgehead atoms. The van der Waals surface area contributed by atoms with Crippen molar-refractivity contribution in [1.29, 1.82) is 0 Å². The highest BCUT2D eigenvalue weighted by Crippen LogP contribution is 2.32. The summed E-state index contributed by atoms with van der Waals surface area (Å²) >= 11 is 0. The van der Waals surface area contributed by atoms with Gasteiger partial charge in [-0.25, -0.2) is 4.39 Å². The fourth-order valence-corrected chi connectivity index (χ4v) is 3.53. The molecule has 0 aromatic heterocycles. The molecule has 0 N–H and O–H groups in total. The van der Waals surface area contributed by atoms with Gasteiger partial charge in [0.1, 0.15) is 11.6 Å². The third-order valence-electron chi connectivity index (χ3n) is 5.08. The first-order valence-electron chi connectivity index (χ1n) is 8.86. The van der Waals surface area contributed by atoms with E-state index in [9.17, 15) is 9.18 Å². The molecule has 6 heteroatoms. The molecule has 0 radical (unpaired) electrons. The molecular formula is C20H22FN3O2. The van der Waals surface area contributed by atoms with Crippen LogP contribution in [0.5, 0.6) is 5.75 Å². The summed E-state index contributed by atoms with van der Waals surface area (Å²) in [5, 5.41) is 0. The summed E-state index contributed by atoms with van der Waals surface area (Å²) in [7, 11) is 1.77. The summed E-state index contributed by atoms with van der Waals surface area (Å²) in [5.41, 5.74) is 2.65. The van der Waals surface area contributed by atoms with E-state index in [0.717, 1.165) is 49.7 Å². The smallest absolute Gasteiger partial charge is 0.264 e. The number of hydrogen-bond donors (Lipinski definition) is 0. The van der Waals surface area contributed by atoms with E-state index in [0.29, 0.717) is 5.69 Å². The first-order chi connectivity index (χ1) is 12.6. The zero-order valence-electron chi connectivity index (χ0n) is 14.8. The monoisotopic (exact) mass is 355 g/mol. The minimum Gasteiger partial charge on any atom is -0.482 e. The normalized spacial score (nSPS) is 17.8. The lowest BCUT2D eigenvalue weighted by Gasteiger charge is -2.36. The number of carbonyl (C=O) groups excluding carboxylic acids is 1. The van der Waals surface area contributed by atoms with Gasteiger partial charge >= 0.3 is 0 Å². The minimum atomic E-state index is -0.161. The van der Waals surface area contributed by atoms with Gasteiger partial charge in [-0.15, -0.1) is 0 Å². The maximum absolute atomic E-state index is 13.9. The number of rotatable bonds is 3. The Morgan fingerprint density at radius 2 is 1.81 bits per heavy atom. The molecule has 2 aliphatic rings. The van der Waals surface area contributed by atoms with Gasteiger partial charge in [-0.1, -0.05) is 18.2 Å².